The minimum atomic E-state index is 0.496. The van der Waals surface area contributed by atoms with Crippen LogP contribution in [0.25, 0.3) is 0 Å². The molecule has 2 heterocycles. The molecule has 1 saturated heterocycles. The van der Waals surface area contributed by atoms with Gasteiger partial charge in [-0.05, 0) is 55.5 Å². The standard InChI is InChI=1S/C20H26N2O2/c1-16(18-8-11-23-12-9-18)22-14-17-5-4-7-20(13-17)24-15-19-6-2-3-10-21-19/h2-7,10,13,16,18,22H,8-9,11-12,14-15H2,1H3. The van der Waals surface area contributed by atoms with Gasteiger partial charge in [0.25, 0.3) is 0 Å². The molecular weight excluding hydrogens is 300 g/mol. The maximum absolute atomic E-state index is 5.85. The molecule has 4 heteroatoms. The van der Waals surface area contributed by atoms with Crippen molar-refractivity contribution in [3.05, 3.63) is 59.9 Å². The molecule has 3 rings (SSSR count). The highest BCUT2D eigenvalue weighted by Crippen LogP contribution is 2.19. The fraction of sp³-hybridized carbons (Fsp3) is 0.450. The first-order valence-electron chi connectivity index (χ1n) is 8.74. The van der Waals surface area contributed by atoms with Crippen LogP contribution >= 0.6 is 0 Å². The van der Waals surface area contributed by atoms with Gasteiger partial charge in [-0.2, -0.15) is 0 Å². The summed E-state index contributed by atoms with van der Waals surface area (Å²) in [6.07, 6.45) is 4.10. The number of hydrogen-bond acceptors (Lipinski definition) is 4. The van der Waals surface area contributed by atoms with Crippen molar-refractivity contribution in [2.75, 3.05) is 13.2 Å². The van der Waals surface area contributed by atoms with E-state index in [2.05, 4.69) is 29.4 Å². The Hall–Kier alpha value is -1.91. The monoisotopic (exact) mass is 326 g/mol. The second kappa shape index (κ2) is 8.81. The average molecular weight is 326 g/mol. The maximum Gasteiger partial charge on any atom is 0.130 e. The zero-order chi connectivity index (χ0) is 16.6. The largest absolute Gasteiger partial charge is 0.487 e. The molecular formula is C20H26N2O2. The Kier molecular flexibility index (Phi) is 6.21. The zero-order valence-electron chi connectivity index (χ0n) is 14.3. The molecule has 0 saturated carbocycles. The summed E-state index contributed by atoms with van der Waals surface area (Å²) in [6.45, 7) is 5.42. The van der Waals surface area contributed by atoms with E-state index in [9.17, 15) is 0 Å². The van der Waals surface area contributed by atoms with Crippen molar-refractivity contribution in [2.45, 2.75) is 39.0 Å². The molecule has 0 radical (unpaired) electrons. The molecule has 1 unspecified atom stereocenters. The predicted molar refractivity (Wildman–Crippen MR) is 94.9 cm³/mol. The number of pyridine rings is 1. The number of benzene rings is 1. The van der Waals surface area contributed by atoms with E-state index in [0.29, 0.717) is 18.6 Å². The van der Waals surface area contributed by atoms with Crippen LogP contribution in [-0.2, 0) is 17.9 Å². The van der Waals surface area contributed by atoms with E-state index in [1.54, 1.807) is 6.20 Å². The van der Waals surface area contributed by atoms with E-state index >= 15 is 0 Å². The molecule has 128 valence electrons. The smallest absolute Gasteiger partial charge is 0.130 e. The van der Waals surface area contributed by atoms with Gasteiger partial charge < -0.3 is 14.8 Å². The quantitative estimate of drug-likeness (QED) is 0.845. The third kappa shape index (κ3) is 5.05. The van der Waals surface area contributed by atoms with E-state index in [1.165, 1.54) is 5.56 Å². The topological polar surface area (TPSA) is 43.4 Å². The Balaban J connectivity index is 1.49. The molecule has 24 heavy (non-hydrogen) atoms. The molecule has 0 aliphatic carbocycles. The highest BCUT2D eigenvalue weighted by molar-refractivity contribution is 5.28. The van der Waals surface area contributed by atoms with Crippen molar-refractivity contribution in [2.24, 2.45) is 5.92 Å². The summed E-state index contributed by atoms with van der Waals surface area (Å²) in [5.74, 6) is 1.60. The lowest BCUT2D eigenvalue weighted by Gasteiger charge is -2.28. The van der Waals surface area contributed by atoms with Crippen molar-refractivity contribution >= 4 is 0 Å². The van der Waals surface area contributed by atoms with Crippen LogP contribution in [0.5, 0.6) is 5.75 Å². The lowest BCUT2D eigenvalue weighted by atomic mass is 9.93. The van der Waals surface area contributed by atoms with Crippen LogP contribution in [0.15, 0.2) is 48.7 Å². The lowest BCUT2D eigenvalue weighted by Crippen LogP contribution is -2.36. The van der Waals surface area contributed by atoms with Crippen LogP contribution in [0, 0.1) is 5.92 Å². The summed E-state index contributed by atoms with van der Waals surface area (Å²) in [4.78, 5) is 4.28. The van der Waals surface area contributed by atoms with Gasteiger partial charge in [-0.15, -0.1) is 0 Å². The molecule has 1 N–H and O–H groups in total. The maximum atomic E-state index is 5.85. The van der Waals surface area contributed by atoms with Gasteiger partial charge in [0, 0.05) is 32.0 Å². The van der Waals surface area contributed by atoms with Crippen LogP contribution in [-0.4, -0.2) is 24.2 Å². The lowest BCUT2D eigenvalue weighted by molar-refractivity contribution is 0.0558. The Bertz CT molecular complexity index is 612. The molecule has 1 aliphatic rings. The Morgan fingerprint density at radius 1 is 1.21 bits per heavy atom. The number of rotatable bonds is 7. The van der Waals surface area contributed by atoms with Crippen LogP contribution in [0.1, 0.15) is 31.0 Å². The number of ether oxygens (including phenoxy) is 2. The van der Waals surface area contributed by atoms with E-state index in [-0.39, 0.29) is 0 Å². The van der Waals surface area contributed by atoms with Gasteiger partial charge in [0.15, 0.2) is 0 Å². The highest BCUT2D eigenvalue weighted by atomic mass is 16.5. The Labute approximate surface area is 144 Å². The first kappa shape index (κ1) is 16.9. The Morgan fingerprint density at radius 3 is 2.88 bits per heavy atom. The molecule has 4 nitrogen and oxygen atoms in total. The summed E-state index contributed by atoms with van der Waals surface area (Å²) in [5.41, 5.74) is 2.18. The van der Waals surface area contributed by atoms with E-state index in [1.807, 2.05) is 30.3 Å². The average Bonchev–Trinajstić information content (AvgIpc) is 2.66. The van der Waals surface area contributed by atoms with Gasteiger partial charge in [-0.3, -0.25) is 4.98 Å². The molecule has 0 amide bonds. The van der Waals surface area contributed by atoms with E-state index in [4.69, 9.17) is 9.47 Å². The molecule has 0 spiro atoms. The van der Waals surface area contributed by atoms with Gasteiger partial charge in [0.1, 0.15) is 12.4 Å². The van der Waals surface area contributed by atoms with Crippen molar-refractivity contribution in [3.8, 4) is 5.75 Å². The Morgan fingerprint density at radius 2 is 2.08 bits per heavy atom. The fourth-order valence-corrected chi connectivity index (χ4v) is 3.05. The number of nitrogens with zero attached hydrogens (tertiary/aromatic N) is 1. The minimum Gasteiger partial charge on any atom is -0.487 e. The molecule has 1 atom stereocenters. The van der Waals surface area contributed by atoms with Crippen LogP contribution in [0.3, 0.4) is 0 Å². The molecule has 0 bridgehead atoms. The molecule has 1 aromatic heterocycles. The van der Waals surface area contributed by atoms with Crippen molar-refractivity contribution in [3.63, 3.8) is 0 Å². The molecule has 1 fully saturated rings. The summed E-state index contributed by atoms with van der Waals surface area (Å²) in [6, 6.07) is 14.6. The summed E-state index contributed by atoms with van der Waals surface area (Å²) >= 11 is 0. The third-order valence-corrected chi connectivity index (χ3v) is 4.61. The van der Waals surface area contributed by atoms with Gasteiger partial charge in [0.2, 0.25) is 0 Å². The van der Waals surface area contributed by atoms with Gasteiger partial charge in [-0.25, -0.2) is 0 Å². The van der Waals surface area contributed by atoms with Gasteiger partial charge >= 0.3 is 0 Å². The second-order valence-electron chi connectivity index (χ2n) is 6.38. The van der Waals surface area contributed by atoms with Crippen LogP contribution in [0.4, 0.5) is 0 Å². The SMILES string of the molecule is CC(NCc1cccc(OCc2ccccn2)c1)C1CCOCC1. The van der Waals surface area contributed by atoms with Crippen molar-refractivity contribution in [1.29, 1.82) is 0 Å². The van der Waals surface area contributed by atoms with E-state index in [0.717, 1.165) is 44.0 Å². The van der Waals surface area contributed by atoms with Gasteiger partial charge in [-0.1, -0.05) is 18.2 Å². The predicted octanol–water partition coefficient (Wildman–Crippen LogP) is 3.57. The molecule has 1 aromatic carbocycles. The number of nitrogens with one attached hydrogen (secondary N) is 1. The third-order valence-electron chi connectivity index (χ3n) is 4.61. The van der Waals surface area contributed by atoms with Crippen molar-refractivity contribution < 1.29 is 9.47 Å². The number of aromatic nitrogens is 1. The first-order valence-corrected chi connectivity index (χ1v) is 8.74. The van der Waals surface area contributed by atoms with Gasteiger partial charge in [0.05, 0.1) is 5.69 Å². The fourth-order valence-electron chi connectivity index (χ4n) is 3.05. The normalized spacial score (nSPS) is 16.7. The zero-order valence-corrected chi connectivity index (χ0v) is 14.3. The number of hydrogen-bond donors (Lipinski definition) is 1. The first-order chi connectivity index (χ1) is 11.8. The van der Waals surface area contributed by atoms with Crippen LogP contribution in [0.2, 0.25) is 0 Å². The summed E-state index contributed by atoms with van der Waals surface area (Å²) in [7, 11) is 0. The summed E-state index contributed by atoms with van der Waals surface area (Å²) in [5, 5.41) is 3.65. The van der Waals surface area contributed by atoms with E-state index < -0.39 is 0 Å². The molecule has 2 aromatic rings. The van der Waals surface area contributed by atoms with Crippen molar-refractivity contribution in [1.82, 2.24) is 10.3 Å². The molecule has 1 aliphatic heterocycles. The highest BCUT2D eigenvalue weighted by Gasteiger charge is 2.19. The summed E-state index contributed by atoms with van der Waals surface area (Å²) < 4.78 is 11.3. The minimum absolute atomic E-state index is 0.496. The second-order valence-corrected chi connectivity index (χ2v) is 6.38. The van der Waals surface area contributed by atoms with Crippen LogP contribution < -0.4 is 10.1 Å².